The van der Waals surface area contributed by atoms with E-state index < -0.39 is 11.6 Å². The summed E-state index contributed by atoms with van der Waals surface area (Å²) >= 11 is 25.0. The van der Waals surface area contributed by atoms with Gasteiger partial charge >= 0.3 is 5.97 Å². The molecule has 9 heteroatoms. The van der Waals surface area contributed by atoms with E-state index in [1.807, 2.05) is 19.1 Å². The van der Waals surface area contributed by atoms with E-state index in [4.69, 9.17) is 51.1 Å². The Hall–Kier alpha value is -2.44. The van der Waals surface area contributed by atoms with E-state index in [1.165, 1.54) is 4.90 Å². The van der Waals surface area contributed by atoms with Gasteiger partial charge in [-0.25, -0.2) is 0 Å². The number of amides is 1. The van der Waals surface area contributed by atoms with E-state index in [0.29, 0.717) is 49.8 Å². The second kappa shape index (κ2) is 10.9. The maximum atomic E-state index is 13.5. The Morgan fingerprint density at radius 2 is 1.61 bits per heavy atom. The van der Waals surface area contributed by atoms with Crippen LogP contribution in [-0.2, 0) is 24.2 Å². The minimum atomic E-state index is -0.997. The van der Waals surface area contributed by atoms with Crippen LogP contribution in [0.2, 0.25) is 20.1 Å². The summed E-state index contributed by atoms with van der Waals surface area (Å²) in [6.45, 7) is 2.14. The smallest absolute Gasteiger partial charge is 0.305 e. The van der Waals surface area contributed by atoms with E-state index in [2.05, 4.69) is 0 Å². The fourth-order valence-electron chi connectivity index (χ4n) is 4.38. The zero-order valence-electron chi connectivity index (χ0n) is 19.4. The van der Waals surface area contributed by atoms with E-state index in [-0.39, 0.29) is 25.4 Å². The molecule has 3 aromatic rings. The number of carbonyl (C=O) groups is 2. The molecule has 0 bridgehead atoms. The van der Waals surface area contributed by atoms with Gasteiger partial charge in [-0.05, 0) is 53.9 Å². The van der Waals surface area contributed by atoms with Crippen molar-refractivity contribution >= 4 is 58.3 Å². The molecule has 0 aromatic heterocycles. The first-order valence-electron chi connectivity index (χ1n) is 11.2. The molecule has 0 fully saturated rings. The molecule has 0 spiro atoms. The summed E-state index contributed by atoms with van der Waals surface area (Å²) in [5.74, 6) is -0.605. The number of halogens is 4. The van der Waals surface area contributed by atoms with Crippen LogP contribution in [0.15, 0.2) is 54.6 Å². The molecule has 0 saturated carbocycles. The van der Waals surface area contributed by atoms with E-state index in [0.717, 1.165) is 11.1 Å². The quantitative estimate of drug-likeness (QED) is 0.309. The van der Waals surface area contributed by atoms with Crippen molar-refractivity contribution in [2.24, 2.45) is 0 Å². The molecule has 0 saturated heterocycles. The lowest BCUT2D eigenvalue weighted by Crippen LogP contribution is -2.33. The highest BCUT2D eigenvalue weighted by molar-refractivity contribution is 6.43. The number of rotatable bonds is 8. The predicted molar refractivity (Wildman–Crippen MR) is 143 cm³/mol. The first-order valence-corrected chi connectivity index (χ1v) is 12.8. The molecule has 4 rings (SSSR count). The Labute approximate surface area is 229 Å². The van der Waals surface area contributed by atoms with Crippen molar-refractivity contribution in [2.45, 2.75) is 38.3 Å². The number of carboxylic acids is 1. The van der Waals surface area contributed by atoms with Gasteiger partial charge in [-0.1, -0.05) is 70.7 Å². The molecule has 1 aliphatic rings. The Morgan fingerprint density at radius 3 is 2.28 bits per heavy atom. The number of hydrogen-bond donors (Lipinski definition) is 1. The van der Waals surface area contributed by atoms with Gasteiger partial charge in [0.2, 0.25) is 0 Å². The molecule has 188 valence electrons. The number of aliphatic carboxylic acids is 1. The topological polar surface area (TPSA) is 66.8 Å². The lowest BCUT2D eigenvalue weighted by atomic mass is 9.91. The van der Waals surface area contributed by atoms with Crippen molar-refractivity contribution in [1.29, 1.82) is 0 Å². The van der Waals surface area contributed by atoms with E-state index in [9.17, 15) is 14.7 Å². The van der Waals surface area contributed by atoms with Gasteiger partial charge in [-0.3, -0.25) is 9.59 Å². The van der Waals surface area contributed by atoms with Crippen molar-refractivity contribution in [3.8, 4) is 5.75 Å². The van der Waals surface area contributed by atoms with Gasteiger partial charge in [-0.15, -0.1) is 0 Å². The average Bonchev–Trinajstić information content (AvgIpc) is 3.16. The third-order valence-corrected chi connectivity index (χ3v) is 7.82. The molecule has 1 aliphatic heterocycles. The normalized spacial score (nSPS) is 16.4. The fourth-order valence-corrected chi connectivity index (χ4v) is 5.15. The second-order valence-corrected chi connectivity index (χ2v) is 10.6. The molecule has 1 atom stereocenters. The molecule has 1 unspecified atom stereocenters. The molecule has 1 N–H and O–H groups in total. The Balaban J connectivity index is 1.56. The number of carbonyl (C=O) groups excluding carboxylic acids is 1. The minimum absolute atomic E-state index is 0.0234. The molecular weight excluding hydrogens is 544 g/mol. The summed E-state index contributed by atoms with van der Waals surface area (Å²) in [6.07, 6.45) is 0.917. The van der Waals surface area contributed by atoms with Gasteiger partial charge in [0.25, 0.3) is 5.91 Å². The molecule has 5 nitrogen and oxygen atoms in total. The summed E-state index contributed by atoms with van der Waals surface area (Å²) in [5.41, 5.74) is 2.29. The zero-order chi connectivity index (χ0) is 26.0. The van der Waals surface area contributed by atoms with Gasteiger partial charge < -0.3 is 14.7 Å². The second-order valence-electron chi connectivity index (χ2n) is 9.02. The molecule has 0 radical (unpaired) electrons. The van der Waals surface area contributed by atoms with Crippen LogP contribution in [0.3, 0.4) is 0 Å². The minimum Gasteiger partial charge on any atom is -0.487 e. The molecule has 3 aromatic carbocycles. The lowest BCUT2D eigenvalue weighted by Gasteiger charge is -2.24. The van der Waals surface area contributed by atoms with Crippen molar-refractivity contribution in [2.75, 3.05) is 6.54 Å². The Kier molecular flexibility index (Phi) is 8.06. The van der Waals surface area contributed by atoms with E-state index in [1.54, 1.807) is 42.5 Å². The first kappa shape index (κ1) is 26.6. The molecule has 1 heterocycles. The number of carboxylic acid groups (broad SMARTS) is 1. The van der Waals surface area contributed by atoms with Gasteiger partial charge in [0.15, 0.2) is 0 Å². The number of ether oxygens (including phenoxy) is 1. The van der Waals surface area contributed by atoms with Gasteiger partial charge in [0, 0.05) is 31.5 Å². The van der Waals surface area contributed by atoms with Crippen molar-refractivity contribution in [1.82, 2.24) is 4.90 Å². The highest BCUT2D eigenvalue weighted by Crippen LogP contribution is 2.39. The lowest BCUT2D eigenvalue weighted by molar-refractivity contribution is -0.137. The third kappa shape index (κ3) is 5.92. The third-order valence-electron chi connectivity index (χ3n) is 6.10. The highest BCUT2D eigenvalue weighted by Gasteiger charge is 2.36. The average molecular weight is 567 g/mol. The fraction of sp³-hybridized carbons (Fsp3) is 0.259. The van der Waals surface area contributed by atoms with Crippen LogP contribution >= 0.6 is 46.4 Å². The standard InChI is InChI=1S/C27H23Cl4NO4/c1-27(13-17-4-2-6-20(28)24(17)30)14-19-12-16(8-9-22(19)36-27)26(35)32(11-10-23(33)34)15-18-5-3-7-21(29)25(18)31/h2-9,12H,10-11,13-15H2,1H3,(H,33,34). The Morgan fingerprint density at radius 1 is 0.972 bits per heavy atom. The zero-order valence-corrected chi connectivity index (χ0v) is 22.4. The maximum Gasteiger partial charge on any atom is 0.305 e. The van der Waals surface area contributed by atoms with Gasteiger partial charge in [0.1, 0.15) is 11.4 Å². The van der Waals surface area contributed by atoms with Gasteiger partial charge in [0.05, 0.1) is 26.5 Å². The van der Waals surface area contributed by atoms with Gasteiger partial charge in [-0.2, -0.15) is 0 Å². The monoisotopic (exact) mass is 565 g/mol. The largest absolute Gasteiger partial charge is 0.487 e. The number of nitrogens with zero attached hydrogens (tertiary/aromatic N) is 1. The number of hydrogen-bond acceptors (Lipinski definition) is 3. The Bertz CT molecular complexity index is 1330. The van der Waals surface area contributed by atoms with Crippen LogP contribution in [0.4, 0.5) is 0 Å². The summed E-state index contributed by atoms with van der Waals surface area (Å²) in [5, 5.41) is 10.9. The van der Waals surface area contributed by atoms with Crippen LogP contribution in [-0.4, -0.2) is 34.0 Å². The maximum absolute atomic E-state index is 13.5. The van der Waals surface area contributed by atoms with Crippen LogP contribution in [0.1, 0.15) is 40.4 Å². The molecule has 1 amide bonds. The SMILES string of the molecule is CC1(Cc2cccc(Cl)c2Cl)Cc2cc(C(=O)N(CCC(=O)O)Cc3cccc(Cl)c3Cl)ccc2O1. The number of fused-ring (bicyclic) bond motifs is 1. The summed E-state index contributed by atoms with van der Waals surface area (Å²) < 4.78 is 6.26. The van der Waals surface area contributed by atoms with Crippen LogP contribution in [0.5, 0.6) is 5.75 Å². The summed E-state index contributed by atoms with van der Waals surface area (Å²) in [7, 11) is 0. The van der Waals surface area contributed by atoms with Crippen LogP contribution in [0, 0.1) is 0 Å². The van der Waals surface area contributed by atoms with Crippen LogP contribution < -0.4 is 4.74 Å². The first-order chi connectivity index (χ1) is 17.1. The van der Waals surface area contributed by atoms with E-state index >= 15 is 0 Å². The molecule has 0 aliphatic carbocycles. The molecular formula is C27H23Cl4NO4. The molecule has 36 heavy (non-hydrogen) atoms. The summed E-state index contributed by atoms with van der Waals surface area (Å²) in [4.78, 5) is 26.2. The predicted octanol–water partition coefficient (Wildman–Crippen LogP) is 7.35. The summed E-state index contributed by atoms with van der Waals surface area (Å²) in [6, 6.07) is 15.9. The van der Waals surface area contributed by atoms with Crippen molar-refractivity contribution in [3.05, 3.63) is 96.9 Å². The van der Waals surface area contributed by atoms with Crippen LogP contribution in [0.25, 0.3) is 0 Å². The van der Waals surface area contributed by atoms with Crippen molar-refractivity contribution < 1.29 is 19.4 Å². The number of benzene rings is 3. The van der Waals surface area contributed by atoms with Crippen molar-refractivity contribution in [3.63, 3.8) is 0 Å². The highest BCUT2D eigenvalue weighted by atomic mass is 35.5.